The summed E-state index contributed by atoms with van der Waals surface area (Å²) in [5, 5.41) is 3.04. The van der Waals surface area contributed by atoms with Crippen molar-refractivity contribution < 1.29 is 4.79 Å². The Hall–Kier alpha value is -0.770. The highest BCUT2D eigenvalue weighted by Crippen LogP contribution is 2.16. The van der Waals surface area contributed by atoms with Crippen molar-refractivity contribution in [1.82, 2.24) is 10.2 Å². The minimum atomic E-state index is -0.113. The predicted octanol–water partition coefficient (Wildman–Crippen LogP) is 1.17. The molecule has 3 N–H and O–H groups in total. The quantitative estimate of drug-likeness (QED) is 0.739. The molecule has 0 aromatic heterocycles. The first-order chi connectivity index (χ1) is 6.98. The summed E-state index contributed by atoms with van der Waals surface area (Å²) >= 11 is 0. The number of nitrogens with zero attached hydrogens (tertiary/aromatic N) is 1. The zero-order valence-corrected chi connectivity index (χ0v) is 10.0. The van der Waals surface area contributed by atoms with Gasteiger partial charge in [0.15, 0.2) is 0 Å². The molecule has 1 rings (SSSR count). The Bertz CT molecular complexity index is 228. The Labute approximate surface area is 92.2 Å². The number of urea groups is 1. The van der Waals surface area contributed by atoms with Crippen molar-refractivity contribution in [2.24, 2.45) is 11.7 Å². The van der Waals surface area contributed by atoms with Crippen LogP contribution in [0.4, 0.5) is 4.79 Å². The molecule has 1 unspecified atom stereocenters. The van der Waals surface area contributed by atoms with Gasteiger partial charge < -0.3 is 16.0 Å². The second kappa shape index (κ2) is 4.84. The first-order valence-electron chi connectivity index (χ1n) is 5.75. The van der Waals surface area contributed by atoms with Crippen LogP contribution in [0.3, 0.4) is 0 Å². The van der Waals surface area contributed by atoms with Crippen molar-refractivity contribution in [2.45, 2.75) is 39.2 Å². The monoisotopic (exact) mass is 213 g/mol. The molecule has 0 aromatic carbocycles. The van der Waals surface area contributed by atoms with E-state index in [1.165, 1.54) is 0 Å². The molecule has 1 saturated heterocycles. The Morgan fingerprint density at radius 2 is 2.27 bits per heavy atom. The van der Waals surface area contributed by atoms with Crippen molar-refractivity contribution in [3.8, 4) is 0 Å². The van der Waals surface area contributed by atoms with Crippen LogP contribution in [-0.4, -0.2) is 36.1 Å². The number of nitrogens with two attached hydrogens (primary N) is 1. The molecule has 1 fully saturated rings. The molecule has 1 atom stereocenters. The highest BCUT2D eigenvalue weighted by atomic mass is 16.2. The van der Waals surface area contributed by atoms with Gasteiger partial charge >= 0.3 is 6.03 Å². The van der Waals surface area contributed by atoms with Crippen LogP contribution in [0.15, 0.2) is 0 Å². The van der Waals surface area contributed by atoms with E-state index < -0.39 is 0 Å². The predicted molar refractivity (Wildman–Crippen MR) is 61.6 cm³/mol. The van der Waals surface area contributed by atoms with Gasteiger partial charge in [0.2, 0.25) is 0 Å². The molecule has 1 heterocycles. The highest BCUT2D eigenvalue weighted by molar-refractivity contribution is 5.75. The maximum Gasteiger partial charge on any atom is 0.317 e. The molecule has 4 heteroatoms. The van der Waals surface area contributed by atoms with Gasteiger partial charge in [0.05, 0.1) is 0 Å². The van der Waals surface area contributed by atoms with E-state index in [1.807, 2.05) is 18.7 Å². The van der Waals surface area contributed by atoms with Crippen LogP contribution in [0.5, 0.6) is 0 Å². The van der Waals surface area contributed by atoms with E-state index in [-0.39, 0.29) is 11.6 Å². The van der Waals surface area contributed by atoms with Crippen LogP contribution in [0.25, 0.3) is 0 Å². The van der Waals surface area contributed by atoms with Gasteiger partial charge in [-0.2, -0.15) is 0 Å². The molecule has 0 aromatic rings. The van der Waals surface area contributed by atoms with E-state index in [1.54, 1.807) is 0 Å². The van der Waals surface area contributed by atoms with Gasteiger partial charge in [-0.05, 0) is 39.2 Å². The zero-order valence-electron chi connectivity index (χ0n) is 10.0. The maximum absolute atomic E-state index is 11.9. The Balaban J connectivity index is 2.42. The van der Waals surface area contributed by atoms with Crippen LogP contribution < -0.4 is 11.1 Å². The summed E-state index contributed by atoms with van der Waals surface area (Å²) in [6.07, 6.45) is 1.98. The number of hydrogen-bond acceptors (Lipinski definition) is 2. The second-order valence-electron chi connectivity index (χ2n) is 5.00. The minimum Gasteiger partial charge on any atom is -0.333 e. The van der Waals surface area contributed by atoms with Crippen LogP contribution >= 0.6 is 0 Å². The Morgan fingerprint density at radius 3 is 2.73 bits per heavy atom. The highest BCUT2D eigenvalue weighted by Gasteiger charge is 2.28. The third-order valence-electron chi connectivity index (χ3n) is 3.24. The van der Waals surface area contributed by atoms with Crippen molar-refractivity contribution in [3.05, 3.63) is 0 Å². The molecule has 1 aliphatic rings. The zero-order chi connectivity index (χ0) is 11.5. The fourth-order valence-corrected chi connectivity index (χ4v) is 1.67. The lowest BCUT2D eigenvalue weighted by molar-refractivity contribution is 0.195. The molecule has 4 nitrogen and oxygen atoms in total. The van der Waals surface area contributed by atoms with Crippen molar-refractivity contribution in [3.63, 3.8) is 0 Å². The number of amides is 2. The summed E-state index contributed by atoms with van der Waals surface area (Å²) < 4.78 is 0. The summed E-state index contributed by atoms with van der Waals surface area (Å²) in [6.45, 7) is 8.49. The van der Waals surface area contributed by atoms with Gasteiger partial charge in [-0.3, -0.25) is 0 Å². The molecule has 0 radical (unpaired) electrons. The average Bonchev–Trinajstić information content (AvgIpc) is 2.65. The normalized spacial score (nSPS) is 21.9. The summed E-state index contributed by atoms with van der Waals surface area (Å²) in [5.41, 5.74) is 5.48. The standard InChI is InChI=1S/C11H23N3O/c1-4-11(2,3)13-10(15)14-6-5-9(7-12)8-14/h9H,4-8,12H2,1-3H3,(H,13,15). The minimum absolute atomic E-state index is 0.0535. The van der Waals surface area contributed by atoms with Gasteiger partial charge in [0, 0.05) is 18.6 Å². The lowest BCUT2D eigenvalue weighted by Crippen LogP contribution is -2.49. The topological polar surface area (TPSA) is 58.4 Å². The average molecular weight is 213 g/mol. The largest absolute Gasteiger partial charge is 0.333 e. The van der Waals surface area contributed by atoms with Gasteiger partial charge in [0.25, 0.3) is 0 Å². The molecular weight excluding hydrogens is 190 g/mol. The van der Waals surface area contributed by atoms with Crippen LogP contribution in [-0.2, 0) is 0 Å². The van der Waals surface area contributed by atoms with Crippen LogP contribution in [0, 0.1) is 5.92 Å². The van der Waals surface area contributed by atoms with E-state index in [9.17, 15) is 4.79 Å². The number of hydrogen-bond donors (Lipinski definition) is 2. The first kappa shape index (κ1) is 12.3. The second-order valence-corrected chi connectivity index (χ2v) is 5.00. The van der Waals surface area contributed by atoms with Gasteiger partial charge in [-0.1, -0.05) is 6.92 Å². The molecule has 15 heavy (non-hydrogen) atoms. The summed E-state index contributed by atoms with van der Waals surface area (Å²) in [6, 6.07) is 0.0535. The number of carbonyl (C=O) groups excluding carboxylic acids is 1. The fraction of sp³-hybridized carbons (Fsp3) is 0.909. The molecule has 0 aliphatic carbocycles. The van der Waals surface area contributed by atoms with Crippen LogP contribution in [0.1, 0.15) is 33.6 Å². The number of likely N-dealkylation sites (tertiary alicyclic amines) is 1. The molecule has 2 amide bonds. The number of nitrogens with one attached hydrogen (secondary N) is 1. The van der Waals surface area contributed by atoms with Gasteiger partial charge in [-0.15, -0.1) is 0 Å². The molecule has 0 bridgehead atoms. The maximum atomic E-state index is 11.9. The number of rotatable bonds is 3. The van der Waals surface area contributed by atoms with Crippen molar-refractivity contribution >= 4 is 6.03 Å². The van der Waals surface area contributed by atoms with E-state index >= 15 is 0 Å². The molecule has 88 valence electrons. The summed E-state index contributed by atoms with van der Waals surface area (Å²) in [4.78, 5) is 13.7. The van der Waals surface area contributed by atoms with Crippen molar-refractivity contribution in [2.75, 3.05) is 19.6 Å². The fourth-order valence-electron chi connectivity index (χ4n) is 1.67. The SMILES string of the molecule is CCC(C)(C)NC(=O)N1CCC(CN)C1. The summed E-state index contributed by atoms with van der Waals surface area (Å²) in [5.74, 6) is 0.487. The summed E-state index contributed by atoms with van der Waals surface area (Å²) in [7, 11) is 0. The molecule has 0 spiro atoms. The lowest BCUT2D eigenvalue weighted by atomic mass is 10.0. The Morgan fingerprint density at radius 1 is 1.60 bits per heavy atom. The van der Waals surface area contributed by atoms with E-state index in [0.717, 1.165) is 25.9 Å². The molecular formula is C11H23N3O. The third kappa shape index (κ3) is 3.38. The molecule has 1 aliphatic heterocycles. The van der Waals surface area contributed by atoms with E-state index in [2.05, 4.69) is 12.2 Å². The van der Waals surface area contributed by atoms with Gasteiger partial charge in [-0.25, -0.2) is 4.79 Å². The van der Waals surface area contributed by atoms with Gasteiger partial charge in [0.1, 0.15) is 0 Å². The van der Waals surface area contributed by atoms with E-state index in [4.69, 9.17) is 5.73 Å². The van der Waals surface area contributed by atoms with Crippen LogP contribution in [0.2, 0.25) is 0 Å². The third-order valence-corrected chi connectivity index (χ3v) is 3.24. The smallest absolute Gasteiger partial charge is 0.317 e. The van der Waals surface area contributed by atoms with Crippen molar-refractivity contribution in [1.29, 1.82) is 0 Å². The Kier molecular flexibility index (Phi) is 3.97. The first-order valence-corrected chi connectivity index (χ1v) is 5.75. The van der Waals surface area contributed by atoms with E-state index in [0.29, 0.717) is 12.5 Å². The molecule has 0 saturated carbocycles. The lowest BCUT2D eigenvalue weighted by Gasteiger charge is -2.28. The number of carbonyl (C=O) groups is 1.